The Balaban J connectivity index is 1.70. The normalized spacial score (nSPS) is 14.0. The fraction of sp³-hybridized carbons (Fsp3) is 0.312. The van der Waals surface area contributed by atoms with E-state index in [1.165, 1.54) is 0 Å². The summed E-state index contributed by atoms with van der Waals surface area (Å²) in [7, 11) is 0. The van der Waals surface area contributed by atoms with Crippen molar-refractivity contribution >= 4 is 0 Å². The molecule has 0 saturated heterocycles. The second-order valence-electron chi connectivity index (χ2n) is 4.83. The number of nitrogens with zero attached hydrogens (tertiary/aromatic N) is 1. The van der Waals surface area contributed by atoms with Crippen LogP contribution in [0.15, 0.2) is 36.5 Å². The molecular formula is C16H18N2O3. The largest absolute Gasteiger partial charge is 0.454 e. The van der Waals surface area contributed by atoms with Crippen LogP contribution in [0.2, 0.25) is 0 Å². The van der Waals surface area contributed by atoms with Gasteiger partial charge in [0.1, 0.15) is 5.75 Å². The molecule has 0 amide bonds. The zero-order valence-corrected chi connectivity index (χ0v) is 12.1. The molecule has 1 aliphatic rings. The Morgan fingerprint density at radius 3 is 2.86 bits per heavy atom. The minimum absolute atomic E-state index is 0.258. The van der Waals surface area contributed by atoms with E-state index in [9.17, 15) is 0 Å². The third-order valence-electron chi connectivity index (χ3n) is 3.34. The zero-order chi connectivity index (χ0) is 14.7. The molecule has 2 heterocycles. The molecule has 0 spiro atoms. The highest BCUT2D eigenvalue weighted by Crippen LogP contribution is 2.36. The lowest BCUT2D eigenvalue weighted by atomic mass is 10.1. The number of benzene rings is 1. The Hall–Kier alpha value is -2.27. The van der Waals surface area contributed by atoms with Gasteiger partial charge in [-0.15, -0.1) is 0 Å². The highest BCUT2D eigenvalue weighted by molar-refractivity contribution is 5.47. The number of hydrogen-bond acceptors (Lipinski definition) is 5. The molecular weight excluding hydrogens is 268 g/mol. The van der Waals surface area contributed by atoms with Crippen molar-refractivity contribution in [2.24, 2.45) is 0 Å². The van der Waals surface area contributed by atoms with E-state index >= 15 is 0 Å². The second kappa shape index (κ2) is 6.01. The maximum atomic E-state index is 5.73. The van der Waals surface area contributed by atoms with Gasteiger partial charge in [-0.2, -0.15) is 0 Å². The fourth-order valence-corrected chi connectivity index (χ4v) is 2.19. The van der Waals surface area contributed by atoms with Crippen molar-refractivity contribution in [1.82, 2.24) is 10.3 Å². The average molecular weight is 286 g/mol. The van der Waals surface area contributed by atoms with Crippen LogP contribution in [0.25, 0.3) is 0 Å². The molecule has 0 radical (unpaired) electrons. The van der Waals surface area contributed by atoms with Crippen LogP contribution in [-0.4, -0.2) is 18.3 Å². The summed E-state index contributed by atoms with van der Waals surface area (Å²) in [5.74, 6) is 2.68. The molecule has 1 aromatic heterocycles. The molecule has 1 N–H and O–H groups in total. The molecule has 1 unspecified atom stereocenters. The number of aromatic nitrogens is 1. The van der Waals surface area contributed by atoms with E-state index in [-0.39, 0.29) is 12.8 Å². The lowest BCUT2D eigenvalue weighted by Gasteiger charge is -2.12. The Kier molecular flexibility index (Phi) is 3.92. The van der Waals surface area contributed by atoms with Gasteiger partial charge in [0.2, 0.25) is 12.7 Å². The van der Waals surface area contributed by atoms with Crippen LogP contribution < -0.4 is 19.5 Å². The molecule has 21 heavy (non-hydrogen) atoms. The third kappa shape index (κ3) is 3.08. The Bertz CT molecular complexity index is 613. The molecule has 0 bridgehead atoms. The molecule has 5 nitrogen and oxygen atoms in total. The lowest BCUT2D eigenvalue weighted by molar-refractivity contribution is 0.174. The third-order valence-corrected chi connectivity index (χ3v) is 3.34. The SMILES string of the molecule is CCNC(C)c1ccc(Oc2ccc3c(c2)OCO3)nc1. The van der Waals surface area contributed by atoms with Crippen molar-refractivity contribution in [2.45, 2.75) is 19.9 Å². The summed E-state index contributed by atoms with van der Waals surface area (Å²) in [6, 6.07) is 9.64. The first-order chi connectivity index (χ1) is 10.3. The van der Waals surface area contributed by atoms with Crippen molar-refractivity contribution < 1.29 is 14.2 Å². The van der Waals surface area contributed by atoms with Crippen molar-refractivity contribution in [3.63, 3.8) is 0 Å². The summed E-state index contributed by atoms with van der Waals surface area (Å²) in [6.45, 7) is 5.38. The van der Waals surface area contributed by atoms with Crippen molar-refractivity contribution in [3.8, 4) is 23.1 Å². The van der Waals surface area contributed by atoms with Gasteiger partial charge in [0.15, 0.2) is 11.5 Å². The maximum absolute atomic E-state index is 5.73. The summed E-state index contributed by atoms with van der Waals surface area (Å²) in [4.78, 5) is 4.34. The van der Waals surface area contributed by atoms with E-state index < -0.39 is 0 Å². The summed E-state index contributed by atoms with van der Waals surface area (Å²) < 4.78 is 16.3. The van der Waals surface area contributed by atoms with Gasteiger partial charge in [-0.05, 0) is 31.2 Å². The lowest BCUT2D eigenvalue weighted by Crippen LogP contribution is -2.17. The molecule has 0 saturated carbocycles. The highest BCUT2D eigenvalue weighted by atomic mass is 16.7. The first-order valence-electron chi connectivity index (χ1n) is 7.03. The molecule has 3 rings (SSSR count). The van der Waals surface area contributed by atoms with E-state index in [1.807, 2.05) is 30.5 Å². The number of pyridine rings is 1. The number of hydrogen-bond donors (Lipinski definition) is 1. The molecule has 1 aliphatic heterocycles. The fourth-order valence-electron chi connectivity index (χ4n) is 2.19. The molecule has 1 aromatic carbocycles. The van der Waals surface area contributed by atoms with Gasteiger partial charge in [-0.25, -0.2) is 4.98 Å². The Labute approximate surface area is 123 Å². The standard InChI is InChI=1S/C16H18N2O3/c1-3-17-11(2)12-4-7-16(18-9-12)21-13-5-6-14-15(8-13)20-10-19-14/h4-9,11,17H,3,10H2,1-2H3. The minimum Gasteiger partial charge on any atom is -0.454 e. The van der Waals surface area contributed by atoms with Crippen LogP contribution in [0.5, 0.6) is 23.1 Å². The first kappa shape index (κ1) is 13.7. The topological polar surface area (TPSA) is 52.6 Å². The summed E-state index contributed by atoms with van der Waals surface area (Å²) in [6.07, 6.45) is 1.83. The number of ether oxygens (including phenoxy) is 3. The first-order valence-corrected chi connectivity index (χ1v) is 7.03. The summed E-state index contributed by atoms with van der Waals surface area (Å²) in [5, 5.41) is 3.35. The van der Waals surface area contributed by atoms with Gasteiger partial charge < -0.3 is 19.5 Å². The quantitative estimate of drug-likeness (QED) is 0.914. The van der Waals surface area contributed by atoms with E-state index in [1.54, 1.807) is 6.07 Å². The smallest absolute Gasteiger partial charge is 0.231 e. The number of rotatable bonds is 5. The van der Waals surface area contributed by atoms with E-state index in [2.05, 4.69) is 24.1 Å². The molecule has 5 heteroatoms. The van der Waals surface area contributed by atoms with Crippen LogP contribution in [0, 0.1) is 0 Å². The van der Waals surface area contributed by atoms with Gasteiger partial charge in [0.05, 0.1) is 0 Å². The van der Waals surface area contributed by atoms with Gasteiger partial charge in [-0.3, -0.25) is 0 Å². The zero-order valence-electron chi connectivity index (χ0n) is 12.1. The van der Waals surface area contributed by atoms with Crippen molar-refractivity contribution in [3.05, 3.63) is 42.1 Å². The Morgan fingerprint density at radius 1 is 1.24 bits per heavy atom. The Morgan fingerprint density at radius 2 is 2.10 bits per heavy atom. The molecule has 0 fully saturated rings. The van der Waals surface area contributed by atoms with Crippen LogP contribution in [0.3, 0.4) is 0 Å². The van der Waals surface area contributed by atoms with E-state index in [0.29, 0.717) is 17.4 Å². The molecule has 110 valence electrons. The monoisotopic (exact) mass is 286 g/mol. The van der Waals surface area contributed by atoms with Crippen LogP contribution in [0.1, 0.15) is 25.5 Å². The van der Waals surface area contributed by atoms with E-state index in [0.717, 1.165) is 17.9 Å². The predicted octanol–water partition coefficient (Wildman–Crippen LogP) is 3.27. The predicted molar refractivity (Wildman–Crippen MR) is 79.0 cm³/mol. The van der Waals surface area contributed by atoms with Gasteiger partial charge in [-0.1, -0.05) is 13.0 Å². The van der Waals surface area contributed by atoms with E-state index in [4.69, 9.17) is 14.2 Å². The summed E-state index contributed by atoms with van der Waals surface area (Å²) in [5.41, 5.74) is 1.13. The van der Waals surface area contributed by atoms with Gasteiger partial charge >= 0.3 is 0 Å². The second-order valence-corrected chi connectivity index (χ2v) is 4.83. The minimum atomic E-state index is 0.258. The maximum Gasteiger partial charge on any atom is 0.231 e. The van der Waals surface area contributed by atoms with Crippen molar-refractivity contribution in [2.75, 3.05) is 13.3 Å². The van der Waals surface area contributed by atoms with Gasteiger partial charge in [0.25, 0.3) is 0 Å². The average Bonchev–Trinajstić information content (AvgIpc) is 2.96. The summed E-state index contributed by atoms with van der Waals surface area (Å²) >= 11 is 0. The molecule has 0 aliphatic carbocycles. The van der Waals surface area contributed by atoms with Crippen molar-refractivity contribution in [1.29, 1.82) is 0 Å². The number of nitrogens with one attached hydrogen (secondary N) is 1. The molecule has 1 atom stereocenters. The van der Waals surface area contributed by atoms with Gasteiger partial charge in [0, 0.05) is 24.4 Å². The highest BCUT2D eigenvalue weighted by Gasteiger charge is 2.14. The van der Waals surface area contributed by atoms with Crippen LogP contribution in [0.4, 0.5) is 0 Å². The van der Waals surface area contributed by atoms with Crippen LogP contribution in [-0.2, 0) is 0 Å². The van der Waals surface area contributed by atoms with Crippen LogP contribution >= 0.6 is 0 Å². The number of fused-ring (bicyclic) bond motifs is 1. The molecule has 2 aromatic rings.